The van der Waals surface area contributed by atoms with E-state index in [2.05, 4.69) is 9.88 Å². The number of hydrogen-bond donors (Lipinski definition) is 1. The van der Waals surface area contributed by atoms with Crippen LogP contribution >= 0.6 is 0 Å². The summed E-state index contributed by atoms with van der Waals surface area (Å²) in [6.07, 6.45) is 3.66. The minimum Gasteiger partial charge on any atom is -0.360 e. The lowest BCUT2D eigenvalue weighted by atomic mass is 10.0. The zero-order chi connectivity index (χ0) is 12.7. The number of rotatable bonds is 2. The van der Waals surface area contributed by atoms with Gasteiger partial charge in [-0.15, -0.1) is 0 Å². The van der Waals surface area contributed by atoms with Gasteiger partial charge in [0.2, 0.25) is 0 Å². The number of fused-ring (bicyclic) bond motifs is 1. The van der Waals surface area contributed by atoms with Gasteiger partial charge in [-0.1, -0.05) is 0 Å². The van der Waals surface area contributed by atoms with Crippen LogP contribution in [0.1, 0.15) is 23.2 Å². The standard InChI is InChI=1S/C14H15FN2O/c1-17-6-2-3-13(17)14(18)11-8-16-12-7-9(15)4-5-10(11)12/h4-5,7-8,13,16H,2-3,6H2,1H3. The number of aromatic amines is 1. The topological polar surface area (TPSA) is 36.1 Å². The number of likely N-dealkylation sites (tertiary alicyclic amines) is 1. The molecule has 1 aliphatic heterocycles. The van der Waals surface area contributed by atoms with Crippen molar-refractivity contribution in [2.75, 3.05) is 13.6 Å². The van der Waals surface area contributed by atoms with Crippen molar-refractivity contribution in [3.05, 3.63) is 35.8 Å². The largest absolute Gasteiger partial charge is 0.360 e. The van der Waals surface area contributed by atoms with Gasteiger partial charge in [0.15, 0.2) is 5.78 Å². The summed E-state index contributed by atoms with van der Waals surface area (Å²) in [7, 11) is 1.98. The summed E-state index contributed by atoms with van der Waals surface area (Å²) in [6.45, 7) is 0.966. The van der Waals surface area contributed by atoms with Crippen LogP contribution in [0.2, 0.25) is 0 Å². The molecule has 18 heavy (non-hydrogen) atoms. The highest BCUT2D eigenvalue weighted by molar-refractivity contribution is 6.10. The summed E-state index contributed by atoms with van der Waals surface area (Å²) in [4.78, 5) is 17.5. The number of carbonyl (C=O) groups excluding carboxylic acids is 1. The number of halogens is 1. The molecular formula is C14H15FN2O. The molecule has 3 nitrogen and oxygen atoms in total. The molecule has 1 aromatic carbocycles. The number of hydrogen-bond acceptors (Lipinski definition) is 2. The highest BCUT2D eigenvalue weighted by Gasteiger charge is 2.29. The lowest BCUT2D eigenvalue weighted by Gasteiger charge is -2.17. The van der Waals surface area contributed by atoms with Crippen LogP contribution in [0.15, 0.2) is 24.4 Å². The SMILES string of the molecule is CN1CCCC1C(=O)c1c[nH]c2cc(F)ccc12. The number of nitrogens with zero attached hydrogens (tertiary/aromatic N) is 1. The third-order valence-corrected chi connectivity index (χ3v) is 3.73. The van der Waals surface area contributed by atoms with E-state index < -0.39 is 0 Å². The fourth-order valence-corrected chi connectivity index (χ4v) is 2.72. The Labute approximate surface area is 105 Å². The Morgan fingerprint density at radius 2 is 2.33 bits per heavy atom. The zero-order valence-electron chi connectivity index (χ0n) is 10.2. The first-order valence-corrected chi connectivity index (χ1v) is 6.18. The number of H-pyrrole nitrogens is 1. The van der Waals surface area contributed by atoms with E-state index in [0.29, 0.717) is 11.1 Å². The van der Waals surface area contributed by atoms with Gasteiger partial charge < -0.3 is 4.98 Å². The van der Waals surface area contributed by atoms with Gasteiger partial charge in [-0.2, -0.15) is 0 Å². The fraction of sp³-hybridized carbons (Fsp3) is 0.357. The van der Waals surface area contributed by atoms with Crippen LogP contribution in [0.25, 0.3) is 10.9 Å². The predicted octanol–water partition coefficient (Wildman–Crippen LogP) is 2.58. The molecule has 94 valence electrons. The quantitative estimate of drug-likeness (QED) is 0.827. The second kappa shape index (κ2) is 4.21. The summed E-state index contributed by atoms with van der Waals surface area (Å²) in [5, 5.41) is 0.807. The van der Waals surface area contributed by atoms with Gasteiger partial charge >= 0.3 is 0 Å². The molecule has 1 aliphatic rings. The molecule has 3 rings (SSSR count). The van der Waals surface area contributed by atoms with Gasteiger partial charge in [0.25, 0.3) is 0 Å². The van der Waals surface area contributed by atoms with Crippen molar-refractivity contribution in [1.82, 2.24) is 9.88 Å². The minimum atomic E-state index is -0.290. The number of carbonyl (C=O) groups is 1. The molecular weight excluding hydrogens is 231 g/mol. The van der Waals surface area contributed by atoms with Gasteiger partial charge in [0.05, 0.1) is 6.04 Å². The molecule has 0 radical (unpaired) electrons. The highest BCUT2D eigenvalue weighted by atomic mass is 19.1. The molecule has 1 saturated heterocycles. The molecule has 0 aliphatic carbocycles. The average molecular weight is 246 g/mol. The van der Waals surface area contributed by atoms with E-state index >= 15 is 0 Å². The minimum absolute atomic E-state index is 0.0333. The Balaban J connectivity index is 2.01. The molecule has 1 aromatic heterocycles. The van der Waals surface area contributed by atoms with Crippen molar-refractivity contribution < 1.29 is 9.18 Å². The molecule has 4 heteroatoms. The first-order chi connectivity index (χ1) is 8.66. The number of aromatic nitrogens is 1. The van der Waals surface area contributed by atoms with Crippen LogP contribution in [0.5, 0.6) is 0 Å². The number of likely N-dealkylation sites (N-methyl/N-ethyl adjacent to an activating group) is 1. The van der Waals surface area contributed by atoms with Crippen molar-refractivity contribution in [1.29, 1.82) is 0 Å². The van der Waals surface area contributed by atoms with E-state index in [-0.39, 0.29) is 17.6 Å². The Bertz CT molecular complexity index is 605. The van der Waals surface area contributed by atoms with Crippen LogP contribution in [0, 0.1) is 5.82 Å². The van der Waals surface area contributed by atoms with E-state index in [0.717, 1.165) is 24.8 Å². The summed E-state index contributed by atoms with van der Waals surface area (Å²) in [6, 6.07) is 4.45. The van der Waals surface area contributed by atoms with E-state index in [4.69, 9.17) is 0 Å². The van der Waals surface area contributed by atoms with Gasteiger partial charge in [-0.3, -0.25) is 9.69 Å². The monoisotopic (exact) mass is 246 g/mol. The molecule has 1 N–H and O–H groups in total. The molecule has 1 fully saturated rings. The van der Waals surface area contributed by atoms with Crippen molar-refractivity contribution >= 4 is 16.7 Å². The lowest BCUT2D eigenvalue weighted by Crippen LogP contribution is -2.32. The van der Waals surface area contributed by atoms with E-state index in [1.807, 2.05) is 7.05 Å². The summed E-state index contributed by atoms with van der Waals surface area (Å²) >= 11 is 0. The average Bonchev–Trinajstić information content (AvgIpc) is 2.94. The lowest BCUT2D eigenvalue weighted by molar-refractivity contribution is 0.0892. The van der Waals surface area contributed by atoms with Crippen molar-refractivity contribution in [3.8, 4) is 0 Å². The zero-order valence-corrected chi connectivity index (χ0v) is 10.2. The maximum atomic E-state index is 13.1. The summed E-state index contributed by atoms with van der Waals surface area (Å²) in [5.74, 6) is -0.158. The second-order valence-electron chi connectivity index (χ2n) is 4.90. The van der Waals surface area contributed by atoms with Crippen LogP contribution in [-0.4, -0.2) is 35.3 Å². The predicted molar refractivity (Wildman–Crippen MR) is 68.2 cm³/mol. The molecule has 1 atom stereocenters. The smallest absolute Gasteiger partial charge is 0.182 e. The Morgan fingerprint density at radius 1 is 1.50 bits per heavy atom. The maximum absolute atomic E-state index is 13.1. The van der Waals surface area contributed by atoms with E-state index in [1.54, 1.807) is 12.3 Å². The second-order valence-corrected chi connectivity index (χ2v) is 4.90. The first kappa shape index (κ1) is 11.4. The molecule has 0 spiro atoms. The van der Waals surface area contributed by atoms with E-state index in [9.17, 15) is 9.18 Å². The van der Waals surface area contributed by atoms with Crippen LogP contribution < -0.4 is 0 Å². The van der Waals surface area contributed by atoms with Gasteiger partial charge in [0.1, 0.15) is 5.82 Å². The van der Waals surface area contributed by atoms with Crippen LogP contribution in [0.4, 0.5) is 4.39 Å². The van der Waals surface area contributed by atoms with Crippen LogP contribution in [0.3, 0.4) is 0 Å². The van der Waals surface area contributed by atoms with E-state index in [1.165, 1.54) is 12.1 Å². The Hall–Kier alpha value is -1.68. The van der Waals surface area contributed by atoms with Crippen LogP contribution in [-0.2, 0) is 0 Å². The molecule has 0 amide bonds. The molecule has 2 heterocycles. The molecule has 0 bridgehead atoms. The molecule has 2 aromatic rings. The number of nitrogens with one attached hydrogen (secondary N) is 1. The Kier molecular flexibility index (Phi) is 2.67. The fourth-order valence-electron chi connectivity index (χ4n) is 2.72. The summed E-state index contributed by atoms with van der Waals surface area (Å²) < 4.78 is 13.1. The highest BCUT2D eigenvalue weighted by Crippen LogP contribution is 2.25. The number of benzene rings is 1. The third kappa shape index (κ3) is 1.73. The first-order valence-electron chi connectivity index (χ1n) is 6.18. The van der Waals surface area contributed by atoms with Gasteiger partial charge in [0, 0.05) is 22.7 Å². The number of ketones is 1. The van der Waals surface area contributed by atoms with Gasteiger partial charge in [-0.05, 0) is 44.6 Å². The third-order valence-electron chi connectivity index (χ3n) is 3.73. The van der Waals surface area contributed by atoms with Crippen molar-refractivity contribution in [3.63, 3.8) is 0 Å². The number of Topliss-reactive ketones (excluding diaryl/α,β-unsaturated/α-hetero) is 1. The summed E-state index contributed by atoms with van der Waals surface area (Å²) in [5.41, 5.74) is 1.35. The Morgan fingerprint density at radius 3 is 3.06 bits per heavy atom. The molecule has 1 unspecified atom stereocenters. The molecule has 0 saturated carbocycles. The van der Waals surface area contributed by atoms with Crippen molar-refractivity contribution in [2.45, 2.75) is 18.9 Å². The van der Waals surface area contributed by atoms with Gasteiger partial charge in [-0.25, -0.2) is 4.39 Å². The normalized spacial score (nSPS) is 20.7. The van der Waals surface area contributed by atoms with Crippen molar-refractivity contribution in [2.24, 2.45) is 0 Å². The maximum Gasteiger partial charge on any atom is 0.182 e.